The molecule has 1 aromatic heterocycles. The SMILES string of the molecule is O=C(c1cn[nH]n1)N1CCN(c2ccc(Cl)cc2)CC1. The Kier molecular flexibility index (Phi) is 3.56. The third kappa shape index (κ3) is 2.60. The van der Waals surface area contributed by atoms with Gasteiger partial charge in [-0.15, -0.1) is 0 Å². The van der Waals surface area contributed by atoms with Crippen LogP contribution in [0.4, 0.5) is 5.69 Å². The molecule has 0 atom stereocenters. The van der Waals surface area contributed by atoms with Gasteiger partial charge in [0.05, 0.1) is 6.20 Å². The van der Waals surface area contributed by atoms with Crippen LogP contribution in [-0.2, 0) is 0 Å². The van der Waals surface area contributed by atoms with Gasteiger partial charge in [-0.2, -0.15) is 15.4 Å². The third-order valence-electron chi connectivity index (χ3n) is 3.39. The maximum Gasteiger partial charge on any atom is 0.276 e. The predicted octanol–water partition coefficient (Wildman–Crippen LogP) is 1.42. The second-order valence-electron chi connectivity index (χ2n) is 4.61. The molecule has 1 fully saturated rings. The molecule has 3 rings (SSSR count). The number of piperazine rings is 1. The highest BCUT2D eigenvalue weighted by atomic mass is 35.5. The Morgan fingerprint density at radius 3 is 2.45 bits per heavy atom. The molecule has 1 aliphatic heterocycles. The molecule has 0 radical (unpaired) electrons. The van der Waals surface area contributed by atoms with Gasteiger partial charge in [-0.25, -0.2) is 0 Å². The van der Waals surface area contributed by atoms with Gasteiger partial charge in [-0.1, -0.05) is 11.6 Å². The second-order valence-corrected chi connectivity index (χ2v) is 5.05. The molecule has 1 saturated heterocycles. The first kappa shape index (κ1) is 12.9. The zero-order valence-electron chi connectivity index (χ0n) is 10.8. The molecule has 0 unspecified atom stereocenters. The van der Waals surface area contributed by atoms with E-state index in [0.29, 0.717) is 18.8 Å². The fraction of sp³-hybridized carbons (Fsp3) is 0.308. The van der Waals surface area contributed by atoms with E-state index in [0.717, 1.165) is 23.8 Å². The zero-order chi connectivity index (χ0) is 13.9. The van der Waals surface area contributed by atoms with Gasteiger partial charge in [-0.05, 0) is 24.3 Å². The fourth-order valence-corrected chi connectivity index (χ4v) is 2.41. The van der Waals surface area contributed by atoms with E-state index in [1.54, 1.807) is 4.90 Å². The van der Waals surface area contributed by atoms with Crippen LogP contribution in [0.5, 0.6) is 0 Å². The minimum absolute atomic E-state index is 0.0745. The highest BCUT2D eigenvalue weighted by Crippen LogP contribution is 2.19. The molecule has 2 heterocycles. The number of aromatic nitrogens is 3. The first-order valence-corrected chi connectivity index (χ1v) is 6.77. The van der Waals surface area contributed by atoms with E-state index in [1.807, 2.05) is 24.3 Å². The topological polar surface area (TPSA) is 65.1 Å². The molecule has 0 bridgehead atoms. The lowest BCUT2D eigenvalue weighted by Gasteiger charge is -2.35. The number of rotatable bonds is 2. The fourth-order valence-electron chi connectivity index (χ4n) is 2.29. The largest absolute Gasteiger partial charge is 0.368 e. The second kappa shape index (κ2) is 5.50. The van der Waals surface area contributed by atoms with E-state index in [1.165, 1.54) is 6.20 Å². The van der Waals surface area contributed by atoms with Gasteiger partial charge < -0.3 is 9.80 Å². The van der Waals surface area contributed by atoms with Crippen molar-refractivity contribution in [2.75, 3.05) is 31.1 Å². The molecule has 0 aliphatic carbocycles. The number of carbonyl (C=O) groups excluding carboxylic acids is 1. The third-order valence-corrected chi connectivity index (χ3v) is 3.64. The number of carbonyl (C=O) groups is 1. The van der Waals surface area contributed by atoms with Crippen molar-refractivity contribution in [1.82, 2.24) is 20.3 Å². The van der Waals surface area contributed by atoms with Crippen LogP contribution in [0, 0.1) is 0 Å². The lowest BCUT2D eigenvalue weighted by Crippen LogP contribution is -2.48. The lowest BCUT2D eigenvalue weighted by atomic mass is 10.2. The Labute approximate surface area is 121 Å². The highest BCUT2D eigenvalue weighted by molar-refractivity contribution is 6.30. The van der Waals surface area contributed by atoms with E-state index in [4.69, 9.17) is 11.6 Å². The number of amides is 1. The number of H-pyrrole nitrogens is 1. The Morgan fingerprint density at radius 1 is 1.15 bits per heavy atom. The van der Waals surface area contributed by atoms with Gasteiger partial charge in [0.15, 0.2) is 5.69 Å². The van der Waals surface area contributed by atoms with Crippen molar-refractivity contribution in [2.45, 2.75) is 0 Å². The van der Waals surface area contributed by atoms with Gasteiger partial charge in [0, 0.05) is 36.9 Å². The van der Waals surface area contributed by atoms with Crippen molar-refractivity contribution in [3.05, 3.63) is 41.2 Å². The minimum atomic E-state index is -0.0745. The van der Waals surface area contributed by atoms with Crippen molar-refractivity contribution in [1.29, 1.82) is 0 Å². The van der Waals surface area contributed by atoms with E-state index < -0.39 is 0 Å². The number of benzene rings is 1. The molecule has 0 saturated carbocycles. The average Bonchev–Trinajstić information content (AvgIpc) is 3.02. The molecule has 1 amide bonds. The van der Waals surface area contributed by atoms with Crippen molar-refractivity contribution in [3.63, 3.8) is 0 Å². The normalized spacial score (nSPS) is 15.4. The Balaban J connectivity index is 1.62. The van der Waals surface area contributed by atoms with Crippen LogP contribution in [0.15, 0.2) is 30.5 Å². The number of nitrogens with zero attached hydrogens (tertiary/aromatic N) is 4. The van der Waals surface area contributed by atoms with Gasteiger partial charge in [0.1, 0.15) is 0 Å². The summed E-state index contributed by atoms with van der Waals surface area (Å²) in [7, 11) is 0. The zero-order valence-corrected chi connectivity index (χ0v) is 11.5. The number of aromatic amines is 1. The molecule has 0 spiro atoms. The summed E-state index contributed by atoms with van der Waals surface area (Å²) in [4.78, 5) is 16.2. The van der Waals surface area contributed by atoms with Crippen molar-refractivity contribution < 1.29 is 4.79 Å². The molecule has 104 valence electrons. The summed E-state index contributed by atoms with van der Waals surface area (Å²) >= 11 is 5.89. The maximum atomic E-state index is 12.1. The molecule has 1 N–H and O–H groups in total. The van der Waals surface area contributed by atoms with Crippen molar-refractivity contribution in [3.8, 4) is 0 Å². The summed E-state index contributed by atoms with van der Waals surface area (Å²) in [6.45, 7) is 2.94. The number of anilines is 1. The van der Waals surface area contributed by atoms with Crippen LogP contribution in [0.25, 0.3) is 0 Å². The number of nitrogens with one attached hydrogen (secondary N) is 1. The quantitative estimate of drug-likeness (QED) is 0.909. The van der Waals surface area contributed by atoms with Gasteiger partial charge in [0.2, 0.25) is 0 Å². The smallest absolute Gasteiger partial charge is 0.276 e. The molecule has 20 heavy (non-hydrogen) atoms. The van der Waals surface area contributed by atoms with Gasteiger partial charge in [0.25, 0.3) is 5.91 Å². The van der Waals surface area contributed by atoms with E-state index in [2.05, 4.69) is 20.3 Å². The summed E-state index contributed by atoms with van der Waals surface area (Å²) in [5, 5.41) is 10.7. The van der Waals surface area contributed by atoms with E-state index in [-0.39, 0.29) is 5.91 Å². The van der Waals surface area contributed by atoms with E-state index in [9.17, 15) is 4.79 Å². The summed E-state index contributed by atoms with van der Waals surface area (Å²) in [6, 6.07) is 7.75. The van der Waals surface area contributed by atoms with Gasteiger partial charge in [-0.3, -0.25) is 4.79 Å². The average molecular weight is 292 g/mol. The minimum Gasteiger partial charge on any atom is -0.368 e. The van der Waals surface area contributed by atoms with Gasteiger partial charge >= 0.3 is 0 Å². The van der Waals surface area contributed by atoms with Crippen molar-refractivity contribution in [2.24, 2.45) is 0 Å². The van der Waals surface area contributed by atoms with Crippen molar-refractivity contribution >= 4 is 23.2 Å². The Morgan fingerprint density at radius 2 is 1.85 bits per heavy atom. The Bertz CT molecular complexity index is 575. The monoisotopic (exact) mass is 291 g/mol. The summed E-state index contributed by atoms with van der Waals surface area (Å²) < 4.78 is 0. The van der Waals surface area contributed by atoms with Crippen LogP contribution in [-0.4, -0.2) is 52.4 Å². The van der Waals surface area contributed by atoms with Crippen LogP contribution >= 0.6 is 11.6 Å². The number of hydrogen-bond donors (Lipinski definition) is 1. The lowest BCUT2D eigenvalue weighted by molar-refractivity contribution is 0.0741. The first-order chi connectivity index (χ1) is 9.74. The standard InChI is InChI=1S/C13H14ClN5O/c14-10-1-3-11(4-2-10)18-5-7-19(8-6-18)13(20)12-9-15-17-16-12/h1-4,9H,5-8H2,(H,15,16,17). The number of halogens is 1. The predicted molar refractivity (Wildman–Crippen MR) is 76.0 cm³/mol. The summed E-state index contributed by atoms with van der Waals surface area (Å²) in [5.74, 6) is -0.0745. The molecular formula is C13H14ClN5O. The molecule has 6 nitrogen and oxygen atoms in total. The molecule has 2 aromatic rings. The van der Waals surface area contributed by atoms with Crippen LogP contribution in [0.1, 0.15) is 10.5 Å². The first-order valence-electron chi connectivity index (χ1n) is 6.39. The summed E-state index contributed by atoms with van der Waals surface area (Å²) in [6.07, 6.45) is 1.45. The number of hydrogen-bond acceptors (Lipinski definition) is 4. The van der Waals surface area contributed by atoms with Crippen LogP contribution in [0.3, 0.4) is 0 Å². The molecule has 7 heteroatoms. The molecular weight excluding hydrogens is 278 g/mol. The maximum absolute atomic E-state index is 12.1. The molecule has 1 aliphatic rings. The van der Waals surface area contributed by atoms with Crippen LogP contribution in [0.2, 0.25) is 5.02 Å². The molecule has 1 aromatic carbocycles. The highest BCUT2D eigenvalue weighted by Gasteiger charge is 2.23. The van der Waals surface area contributed by atoms with E-state index >= 15 is 0 Å². The Hall–Kier alpha value is -2.08. The van der Waals surface area contributed by atoms with Crippen LogP contribution < -0.4 is 4.90 Å². The summed E-state index contributed by atoms with van der Waals surface area (Å²) in [5.41, 5.74) is 1.49.